The maximum absolute atomic E-state index is 12.5. The van der Waals surface area contributed by atoms with Gasteiger partial charge in [-0.3, -0.25) is 9.59 Å². The molecular formula is C21H24F2N4O3. The molecule has 2 N–H and O–H groups in total. The van der Waals surface area contributed by atoms with E-state index in [0.717, 1.165) is 12.8 Å². The molecule has 1 aliphatic rings. The summed E-state index contributed by atoms with van der Waals surface area (Å²) in [5.41, 5.74) is 2.30. The predicted molar refractivity (Wildman–Crippen MR) is 107 cm³/mol. The number of hydrogen-bond donors (Lipinski definition) is 2. The SMILES string of the molecule is Cc1cc(C(=O)NCc2cnc(OCC(F)F)c(C)c2)cc(NC(=O)CC2CC2)n1. The minimum Gasteiger partial charge on any atom is -0.471 e. The fraction of sp³-hybridized carbons (Fsp3) is 0.429. The number of hydrogen-bond acceptors (Lipinski definition) is 5. The molecule has 0 aromatic carbocycles. The number of halogens is 2. The first-order valence-electron chi connectivity index (χ1n) is 9.73. The highest BCUT2D eigenvalue weighted by molar-refractivity contribution is 5.96. The topological polar surface area (TPSA) is 93.2 Å². The number of amides is 2. The lowest BCUT2D eigenvalue weighted by Crippen LogP contribution is -2.24. The molecule has 0 radical (unpaired) electrons. The number of aryl methyl sites for hydroxylation is 2. The first-order chi connectivity index (χ1) is 14.3. The lowest BCUT2D eigenvalue weighted by atomic mass is 10.2. The smallest absolute Gasteiger partial charge is 0.272 e. The fourth-order valence-electron chi connectivity index (χ4n) is 2.94. The molecule has 0 atom stereocenters. The number of pyridine rings is 2. The number of alkyl halides is 2. The fourth-order valence-corrected chi connectivity index (χ4v) is 2.94. The summed E-state index contributed by atoms with van der Waals surface area (Å²) in [6.07, 6.45) is 1.53. The Balaban J connectivity index is 1.58. The van der Waals surface area contributed by atoms with Gasteiger partial charge in [0.1, 0.15) is 5.82 Å². The first-order valence-corrected chi connectivity index (χ1v) is 9.73. The zero-order valence-corrected chi connectivity index (χ0v) is 16.9. The van der Waals surface area contributed by atoms with E-state index in [1.54, 1.807) is 26.0 Å². The minimum atomic E-state index is -2.57. The van der Waals surface area contributed by atoms with Crippen molar-refractivity contribution in [3.8, 4) is 5.88 Å². The maximum Gasteiger partial charge on any atom is 0.272 e. The lowest BCUT2D eigenvalue weighted by molar-refractivity contribution is -0.116. The van der Waals surface area contributed by atoms with Gasteiger partial charge in [-0.2, -0.15) is 0 Å². The van der Waals surface area contributed by atoms with Crippen molar-refractivity contribution in [2.75, 3.05) is 11.9 Å². The molecule has 1 saturated carbocycles. The summed E-state index contributed by atoms with van der Waals surface area (Å²) in [5.74, 6) is 0.527. The number of carbonyl (C=O) groups excluding carboxylic acids is 2. The van der Waals surface area contributed by atoms with Crippen molar-refractivity contribution in [1.82, 2.24) is 15.3 Å². The van der Waals surface area contributed by atoms with E-state index in [4.69, 9.17) is 4.74 Å². The third-order valence-electron chi connectivity index (χ3n) is 4.54. The van der Waals surface area contributed by atoms with Crippen molar-refractivity contribution in [1.29, 1.82) is 0 Å². The van der Waals surface area contributed by atoms with E-state index in [1.807, 2.05) is 0 Å². The van der Waals surface area contributed by atoms with E-state index in [2.05, 4.69) is 20.6 Å². The number of nitrogens with zero attached hydrogens (tertiary/aromatic N) is 2. The Morgan fingerprint density at radius 1 is 1.23 bits per heavy atom. The monoisotopic (exact) mass is 418 g/mol. The van der Waals surface area contributed by atoms with Gasteiger partial charge in [-0.25, -0.2) is 18.7 Å². The number of carbonyl (C=O) groups is 2. The number of aromatic nitrogens is 2. The van der Waals surface area contributed by atoms with Gasteiger partial charge in [-0.15, -0.1) is 0 Å². The van der Waals surface area contributed by atoms with Gasteiger partial charge >= 0.3 is 0 Å². The summed E-state index contributed by atoms with van der Waals surface area (Å²) in [5, 5.41) is 5.53. The van der Waals surface area contributed by atoms with E-state index < -0.39 is 13.0 Å². The van der Waals surface area contributed by atoms with Gasteiger partial charge in [0.15, 0.2) is 6.61 Å². The lowest BCUT2D eigenvalue weighted by Gasteiger charge is -2.11. The number of nitrogens with one attached hydrogen (secondary N) is 2. The second-order valence-corrected chi connectivity index (χ2v) is 7.43. The van der Waals surface area contributed by atoms with Crippen LogP contribution in [0.1, 0.15) is 46.4 Å². The third-order valence-corrected chi connectivity index (χ3v) is 4.54. The highest BCUT2D eigenvalue weighted by Gasteiger charge is 2.24. The molecule has 7 nitrogen and oxygen atoms in total. The quantitative estimate of drug-likeness (QED) is 0.651. The summed E-state index contributed by atoms with van der Waals surface area (Å²) in [6, 6.07) is 4.89. The Bertz CT molecular complexity index is 932. The van der Waals surface area contributed by atoms with Crippen LogP contribution in [0.3, 0.4) is 0 Å². The van der Waals surface area contributed by atoms with Gasteiger partial charge in [0.05, 0.1) is 0 Å². The van der Waals surface area contributed by atoms with Gasteiger partial charge < -0.3 is 15.4 Å². The number of rotatable bonds is 9. The van der Waals surface area contributed by atoms with Crippen molar-refractivity contribution in [2.24, 2.45) is 5.92 Å². The zero-order chi connectivity index (χ0) is 21.7. The van der Waals surface area contributed by atoms with Crippen LogP contribution in [0.4, 0.5) is 14.6 Å². The molecule has 9 heteroatoms. The van der Waals surface area contributed by atoms with Crippen molar-refractivity contribution < 1.29 is 23.1 Å². The second kappa shape index (κ2) is 9.60. The molecule has 0 bridgehead atoms. The molecule has 1 aliphatic carbocycles. The van der Waals surface area contributed by atoms with Crippen molar-refractivity contribution >= 4 is 17.6 Å². The molecule has 1 fully saturated rings. The van der Waals surface area contributed by atoms with Crippen LogP contribution < -0.4 is 15.4 Å². The Labute approximate surface area is 173 Å². The van der Waals surface area contributed by atoms with Gasteiger partial charge in [-0.1, -0.05) is 0 Å². The van der Waals surface area contributed by atoms with E-state index in [0.29, 0.717) is 40.5 Å². The Hall–Kier alpha value is -3.10. The van der Waals surface area contributed by atoms with Gasteiger partial charge in [0, 0.05) is 36.0 Å². The molecule has 0 unspecified atom stereocenters. The summed E-state index contributed by atoms with van der Waals surface area (Å²) in [7, 11) is 0. The number of ether oxygens (including phenoxy) is 1. The van der Waals surface area contributed by atoms with Crippen molar-refractivity contribution in [3.05, 3.63) is 46.8 Å². The van der Waals surface area contributed by atoms with Crippen LogP contribution in [-0.2, 0) is 11.3 Å². The third kappa shape index (κ3) is 6.47. The highest BCUT2D eigenvalue weighted by atomic mass is 19.3. The largest absolute Gasteiger partial charge is 0.471 e. The minimum absolute atomic E-state index is 0.0994. The zero-order valence-electron chi connectivity index (χ0n) is 16.9. The number of anilines is 1. The molecular weight excluding hydrogens is 394 g/mol. The Morgan fingerprint density at radius 2 is 2.00 bits per heavy atom. The van der Waals surface area contributed by atoms with E-state index in [1.165, 1.54) is 12.3 Å². The predicted octanol–water partition coefficient (Wildman–Crippen LogP) is 3.41. The van der Waals surface area contributed by atoms with Gasteiger partial charge in [0.2, 0.25) is 11.8 Å². The standard InChI is InChI=1S/C21H24F2N4O3/c1-12-5-15(10-25-21(12)30-11-17(22)23)9-24-20(29)16-6-13(2)26-18(8-16)27-19(28)7-14-3-4-14/h5-6,8,10,14,17H,3-4,7,9,11H2,1-2H3,(H,24,29)(H,26,27,28). The van der Waals surface area contributed by atoms with Crippen LogP contribution in [0.2, 0.25) is 0 Å². The molecule has 2 heterocycles. The molecule has 30 heavy (non-hydrogen) atoms. The normalized spacial score (nSPS) is 13.2. The average Bonchev–Trinajstić information content (AvgIpc) is 3.48. The van der Waals surface area contributed by atoms with Crippen molar-refractivity contribution in [3.63, 3.8) is 0 Å². The molecule has 3 rings (SSSR count). The van der Waals surface area contributed by atoms with Crippen LogP contribution in [-0.4, -0.2) is 34.8 Å². The molecule has 2 aromatic heterocycles. The van der Waals surface area contributed by atoms with Crippen LogP contribution >= 0.6 is 0 Å². The van der Waals surface area contributed by atoms with Crippen LogP contribution in [0.15, 0.2) is 24.4 Å². The average molecular weight is 418 g/mol. The molecule has 2 amide bonds. The second-order valence-electron chi connectivity index (χ2n) is 7.43. The highest BCUT2D eigenvalue weighted by Crippen LogP contribution is 2.32. The summed E-state index contributed by atoms with van der Waals surface area (Å²) < 4.78 is 29.5. The summed E-state index contributed by atoms with van der Waals surface area (Å²) >= 11 is 0. The van der Waals surface area contributed by atoms with Crippen LogP contribution in [0, 0.1) is 19.8 Å². The van der Waals surface area contributed by atoms with Crippen LogP contribution in [0.25, 0.3) is 0 Å². The summed E-state index contributed by atoms with van der Waals surface area (Å²) in [6.45, 7) is 2.93. The van der Waals surface area contributed by atoms with E-state index >= 15 is 0 Å². The van der Waals surface area contributed by atoms with Gasteiger partial charge in [-0.05, 0) is 56.4 Å². The van der Waals surface area contributed by atoms with Crippen LogP contribution in [0.5, 0.6) is 5.88 Å². The summed E-state index contributed by atoms with van der Waals surface area (Å²) in [4.78, 5) is 32.8. The molecule has 0 saturated heterocycles. The first kappa shape index (κ1) is 21.6. The Morgan fingerprint density at radius 3 is 2.67 bits per heavy atom. The van der Waals surface area contributed by atoms with Gasteiger partial charge in [0.25, 0.3) is 12.3 Å². The molecule has 2 aromatic rings. The Kier molecular flexibility index (Phi) is 6.91. The van der Waals surface area contributed by atoms with Crippen molar-refractivity contribution in [2.45, 2.75) is 46.1 Å². The van der Waals surface area contributed by atoms with E-state index in [-0.39, 0.29) is 24.2 Å². The maximum atomic E-state index is 12.5. The molecule has 0 aliphatic heterocycles. The van der Waals surface area contributed by atoms with E-state index in [9.17, 15) is 18.4 Å². The molecule has 0 spiro atoms. The molecule has 160 valence electrons.